The van der Waals surface area contributed by atoms with E-state index in [1.165, 1.54) is 17.8 Å². The van der Waals surface area contributed by atoms with Gasteiger partial charge in [-0.05, 0) is 19.3 Å². The molecular weight excluding hydrogens is 188 g/mol. The lowest BCUT2D eigenvalue weighted by Crippen LogP contribution is -2.11. The molecule has 1 aromatic heterocycles. The minimum Gasteiger partial charge on any atom is -0.371 e. The van der Waals surface area contributed by atoms with Gasteiger partial charge < -0.3 is 4.74 Å². The molecule has 1 aliphatic rings. The molecule has 1 unspecified atom stereocenters. The van der Waals surface area contributed by atoms with Gasteiger partial charge in [0.2, 0.25) is 0 Å². The first kappa shape index (κ1) is 8.77. The van der Waals surface area contributed by atoms with Crippen molar-refractivity contribution in [2.75, 3.05) is 6.61 Å². The minimum atomic E-state index is 0.0694. The van der Waals surface area contributed by atoms with Crippen LogP contribution in [0.15, 0.2) is 0 Å². The fraction of sp³-hybridized carbons (Fsp3) is 0.625. The molecule has 0 radical (unpaired) electrons. The predicted molar refractivity (Wildman–Crippen MR) is 47.8 cm³/mol. The van der Waals surface area contributed by atoms with Gasteiger partial charge in [0.05, 0.1) is 0 Å². The van der Waals surface area contributed by atoms with Crippen molar-refractivity contribution in [3.8, 4) is 0 Å². The summed E-state index contributed by atoms with van der Waals surface area (Å²) >= 11 is 1.32. The molecule has 2 heterocycles. The summed E-state index contributed by atoms with van der Waals surface area (Å²) in [5.74, 6) is 0. The van der Waals surface area contributed by atoms with Gasteiger partial charge in [-0.25, -0.2) is 0 Å². The number of aromatic nitrogens is 2. The maximum absolute atomic E-state index is 10.4. The molecule has 1 aliphatic heterocycles. The number of carbonyl (C=O) groups is 1. The number of carbonyl (C=O) groups excluding carboxylic acids is 1. The summed E-state index contributed by atoms with van der Waals surface area (Å²) in [4.78, 5) is 10.4. The van der Waals surface area contributed by atoms with Crippen molar-refractivity contribution in [2.24, 2.45) is 0 Å². The first-order chi connectivity index (χ1) is 6.40. The zero-order chi connectivity index (χ0) is 9.10. The maximum atomic E-state index is 10.4. The Bertz CT molecular complexity index is 294. The highest BCUT2D eigenvalue weighted by Crippen LogP contribution is 2.29. The van der Waals surface area contributed by atoms with Crippen LogP contribution >= 0.6 is 11.3 Å². The van der Waals surface area contributed by atoms with Crippen LogP contribution in [-0.2, 0) is 4.74 Å². The number of nitrogens with zero attached hydrogens (tertiary/aromatic N) is 2. The van der Waals surface area contributed by atoms with Crippen molar-refractivity contribution >= 4 is 17.6 Å². The Balaban J connectivity index is 2.09. The highest BCUT2D eigenvalue weighted by molar-refractivity contribution is 7.12. The van der Waals surface area contributed by atoms with Crippen LogP contribution in [0.3, 0.4) is 0 Å². The smallest absolute Gasteiger partial charge is 0.180 e. The van der Waals surface area contributed by atoms with Crippen molar-refractivity contribution in [3.63, 3.8) is 0 Å². The summed E-state index contributed by atoms with van der Waals surface area (Å²) < 4.78 is 5.51. The molecule has 0 spiro atoms. The average Bonchev–Trinajstić information content (AvgIpc) is 2.67. The molecule has 0 saturated carbocycles. The van der Waals surface area contributed by atoms with E-state index in [1.807, 2.05) is 0 Å². The van der Waals surface area contributed by atoms with Crippen LogP contribution in [0.2, 0.25) is 0 Å². The molecule has 13 heavy (non-hydrogen) atoms. The third-order valence-corrected chi connectivity index (χ3v) is 2.95. The molecule has 2 rings (SSSR count). The summed E-state index contributed by atoms with van der Waals surface area (Å²) in [6, 6.07) is 0. The van der Waals surface area contributed by atoms with Gasteiger partial charge in [0, 0.05) is 6.61 Å². The Labute approximate surface area is 79.9 Å². The van der Waals surface area contributed by atoms with Gasteiger partial charge in [-0.1, -0.05) is 11.3 Å². The van der Waals surface area contributed by atoms with Crippen molar-refractivity contribution in [2.45, 2.75) is 25.4 Å². The Morgan fingerprint density at radius 2 is 2.38 bits per heavy atom. The van der Waals surface area contributed by atoms with Gasteiger partial charge in [-0.15, -0.1) is 10.2 Å². The summed E-state index contributed by atoms with van der Waals surface area (Å²) in [5, 5.41) is 8.92. The van der Waals surface area contributed by atoms with E-state index in [-0.39, 0.29) is 6.10 Å². The van der Waals surface area contributed by atoms with E-state index >= 15 is 0 Å². The summed E-state index contributed by atoms with van der Waals surface area (Å²) in [6.07, 6.45) is 4.08. The van der Waals surface area contributed by atoms with E-state index in [4.69, 9.17) is 4.74 Å². The molecule has 5 heteroatoms. The molecule has 70 valence electrons. The Kier molecular flexibility index (Phi) is 2.65. The molecule has 0 bridgehead atoms. The van der Waals surface area contributed by atoms with Crippen molar-refractivity contribution < 1.29 is 9.53 Å². The van der Waals surface area contributed by atoms with Gasteiger partial charge in [-0.2, -0.15) is 0 Å². The molecule has 0 amide bonds. The van der Waals surface area contributed by atoms with Gasteiger partial charge >= 0.3 is 0 Å². The van der Waals surface area contributed by atoms with Gasteiger partial charge in [-0.3, -0.25) is 4.79 Å². The lowest BCUT2D eigenvalue weighted by Gasteiger charge is -2.19. The molecule has 1 saturated heterocycles. The summed E-state index contributed by atoms with van der Waals surface area (Å²) in [7, 11) is 0. The van der Waals surface area contributed by atoms with E-state index in [0.29, 0.717) is 5.01 Å². The van der Waals surface area contributed by atoms with E-state index in [9.17, 15) is 4.79 Å². The van der Waals surface area contributed by atoms with Crippen LogP contribution in [-0.4, -0.2) is 23.1 Å². The molecule has 0 aliphatic carbocycles. The molecular formula is C8H10N2O2S. The number of aldehydes is 1. The van der Waals surface area contributed by atoms with Crippen LogP contribution < -0.4 is 0 Å². The van der Waals surface area contributed by atoms with Crippen LogP contribution in [0.5, 0.6) is 0 Å². The molecule has 0 aromatic carbocycles. The SMILES string of the molecule is O=Cc1nnc(C2CCCCO2)s1. The maximum Gasteiger partial charge on any atom is 0.180 e. The van der Waals surface area contributed by atoms with Crippen LogP contribution in [0, 0.1) is 0 Å². The number of ether oxygens (including phenoxy) is 1. The van der Waals surface area contributed by atoms with Crippen molar-refractivity contribution in [1.29, 1.82) is 0 Å². The largest absolute Gasteiger partial charge is 0.371 e. The molecule has 1 aromatic rings. The molecule has 1 atom stereocenters. The van der Waals surface area contributed by atoms with Crippen LogP contribution in [0.25, 0.3) is 0 Å². The highest BCUT2D eigenvalue weighted by Gasteiger charge is 2.19. The van der Waals surface area contributed by atoms with E-state index in [1.54, 1.807) is 0 Å². The second-order valence-electron chi connectivity index (χ2n) is 2.95. The fourth-order valence-corrected chi connectivity index (χ4v) is 2.10. The standard InChI is InChI=1S/C8H10N2O2S/c11-5-7-9-10-8(13-7)6-3-1-2-4-12-6/h5-6H,1-4H2. The topological polar surface area (TPSA) is 52.1 Å². The van der Waals surface area contributed by atoms with E-state index < -0.39 is 0 Å². The van der Waals surface area contributed by atoms with Gasteiger partial charge in [0.1, 0.15) is 11.1 Å². The number of rotatable bonds is 2. The van der Waals surface area contributed by atoms with Crippen LogP contribution in [0.4, 0.5) is 0 Å². The lowest BCUT2D eigenvalue weighted by molar-refractivity contribution is 0.0144. The Morgan fingerprint density at radius 1 is 1.46 bits per heavy atom. The first-order valence-corrected chi connectivity index (χ1v) is 5.12. The normalized spacial score (nSPS) is 22.9. The van der Waals surface area contributed by atoms with Gasteiger partial charge in [0.25, 0.3) is 0 Å². The minimum absolute atomic E-state index is 0.0694. The fourth-order valence-electron chi connectivity index (χ4n) is 1.36. The monoisotopic (exact) mass is 198 g/mol. The first-order valence-electron chi connectivity index (χ1n) is 4.30. The molecule has 1 fully saturated rings. The zero-order valence-corrected chi connectivity index (χ0v) is 7.92. The zero-order valence-electron chi connectivity index (χ0n) is 7.10. The third-order valence-electron chi connectivity index (χ3n) is 2.01. The van der Waals surface area contributed by atoms with Gasteiger partial charge in [0.15, 0.2) is 11.3 Å². The molecule has 4 nitrogen and oxygen atoms in total. The molecule has 0 N–H and O–H groups in total. The summed E-state index contributed by atoms with van der Waals surface area (Å²) in [6.45, 7) is 0.792. The Hall–Kier alpha value is -0.810. The third kappa shape index (κ3) is 1.92. The second kappa shape index (κ2) is 3.93. The van der Waals surface area contributed by atoms with E-state index in [0.717, 1.165) is 30.7 Å². The predicted octanol–water partition coefficient (Wildman–Crippen LogP) is 1.59. The quantitative estimate of drug-likeness (QED) is 0.677. The number of hydrogen-bond acceptors (Lipinski definition) is 5. The number of hydrogen-bond donors (Lipinski definition) is 0. The highest BCUT2D eigenvalue weighted by atomic mass is 32.1. The average molecular weight is 198 g/mol. The van der Waals surface area contributed by atoms with E-state index in [2.05, 4.69) is 10.2 Å². The lowest BCUT2D eigenvalue weighted by atomic mass is 10.1. The Morgan fingerprint density at radius 3 is 3.00 bits per heavy atom. The van der Waals surface area contributed by atoms with Crippen LogP contribution in [0.1, 0.15) is 40.2 Å². The second-order valence-corrected chi connectivity index (χ2v) is 3.99. The van der Waals surface area contributed by atoms with Crippen molar-refractivity contribution in [1.82, 2.24) is 10.2 Å². The van der Waals surface area contributed by atoms with Crippen molar-refractivity contribution in [3.05, 3.63) is 10.0 Å². The summed E-state index contributed by atoms with van der Waals surface area (Å²) in [5.41, 5.74) is 0.